The lowest BCUT2D eigenvalue weighted by Crippen LogP contribution is -2.46. The summed E-state index contributed by atoms with van der Waals surface area (Å²) in [5, 5.41) is 0.328. The normalized spacial score (nSPS) is 19.2. The Bertz CT molecular complexity index is 491. The first-order valence-electron chi connectivity index (χ1n) is 6.41. The van der Waals surface area contributed by atoms with E-state index in [0.29, 0.717) is 5.28 Å². The monoisotopic (exact) mass is 298 g/mol. The fourth-order valence-corrected chi connectivity index (χ4v) is 3.73. The van der Waals surface area contributed by atoms with Crippen molar-refractivity contribution in [3.8, 4) is 0 Å². The molecule has 0 unspecified atom stereocenters. The Kier molecular flexibility index (Phi) is 3.79. The van der Waals surface area contributed by atoms with Gasteiger partial charge in [0.25, 0.3) is 0 Å². The van der Waals surface area contributed by atoms with Crippen LogP contribution < -0.4 is 4.90 Å². The molecule has 5 nitrogen and oxygen atoms in total. The van der Waals surface area contributed by atoms with Crippen LogP contribution in [0.1, 0.15) is 12.1 Å². The van der Waals surface area contributed by atoms with E-state index in [1.165, 1.54) is 4.90 Å². The maximum atomic E-state index is 10.7. The van der Waals surface area contributed by atoms with Crippen LogP contribution in [0.3, 0.4) is 0 Å². The third-order valence-corrected chi connectivity index (χ3v) is 4.83. The maximum Gasteiger partial charge on any atom is 0.224 e. The summed E-state index contributed by atoms with van der Waals surface area (Å²) in [6, 6.07) is 0. The zero-order chi connectivity index (χ0) is 13.2. The van der Waals surface area contributed by atoms with Crippen LogP contribution in [0.5, 0.6) is 0 Å². The number of halogens is 1. The quantitative estimate of drug-likeness (QED) is 0.611. The number of thioether (sulfide) groups is 1. The summed E-state index contributed by atoms with van der Waals surface area (Å²) in [4.78, 5) is 24.7. The van der Waals surface area contributed by atoms with E-state index in [9.17, 15) is 4.79 Å². The highest BCUT2D eigenvalue weighted by Gasteiger charge is 2.24. The Labute approximate surface area is 121 Å². The molecule has 19 heavy (non-hydrogen) atoms. The molecule has 1 aromatic heterocycles. The van der Waals surface area contributed by atoms with Gasteiger partial charge in [-0.25, -0.2) is 4.98 Å². The van der Waals surface area contributed by atoms with Crippen molar-refractivity contribution in [1.29, 1.82) is 0 Å². The first-order chi connectivity index (χ1) is 9.28. The molecule has 2 aliphatic heterocycles. The molecule has 0 saturated carbocycles. The zero-order valence-electron chi connectivity index (χ0n) is 10.5. The van der Waals surface area contributed by atoms with Gasteiger partial charge in [0.05, 0.1) is 10.6 Å². The second-order valence-corrected chi connectivity index (χ2v) is 6.12. The van der Waals surface area contributed by atoms with Gasteiger partial charge in [-0.15, -0.1) is 11.8 Å². The minimum absolute atomic E-state index is 0.328. The number of fused-ring (bicyclic) bond motifs is 1. The molecule has 0 aliphatic carbocycles. The van der Waals surface area contributed by atoms with E-state index in [1.54, 1.807) is 4.90 Å². The Morgan fingerprint density at radius 1 is 1.21 bits per heavy atom. The Balaban J connectivity index is 1.88. The zero-order valence-corrected chi connectivity index (χ0v) is 12.1. The molecular weight excluding hydrogens is 284 g/mol. The first-order valence-corrected chi connectivity index (χ1v) is 7.78. The molecule has 102 valence electrons. The molecule has 1 aromatic rings. The second-order valence-electron chi connectivity index (χ2n) is 4.67. The van der Waals surface area contributed by atoms with E-state index in [4.69, 9.17) is 11.6 Å². The predicted molar refractivity (Wildman–Crippen MR) is 75.9 cm³/mol. The van der Waals surface area contributed by atoms with Gasteiger partial charge in [-0.05, 0) is 30.2 Å². The minimum Gasteiger partial charge on any atom is -0.352 e. The maximum absolute atomic E-state index is 10.7. The molecule has 0 atom stereocenters. The SMILES string of the molecule is O=CN1CCN(c2nc(Cl)nc3c2SCCC3)CC1. The van der Waals surface area contributed by atoms with Crippen molar-refractivity contribution in [2.45, 2.75) is 17.7 Å². The molecule has 7 heteroatoms. The van der Waals surface area contributed by atoms with Crippen molar-refractivity contribution >= 4 is 35.6 Å². The highest BCUT2D eigenvalue weighted by Crippen LogP contribution is 2.36. The number of anilines is 1. The number of hydrogen-bond donors (Lipinski definition) is 0. The molecule has 3 rings (SSSR count). The fourth-order valence-electron chi connectivity index (χ4n) is 2.44. The number of aromatic nitrogens is 2. The molecule has 0 bridgehead atoms. The van der Waals surface area contributed by atoms with Gasteiger partial charge >= 0.3 is 0 Å². The van der Waals surface area contributed by atoms with Crippen LogP contribution in [0, 0.1) is 0 Å². The highest BCUT2D eigenvalue weighted by molar-refractivity contribution is 7.99. The number of nitrogens with zero attached hydrogens (tertiary/aromatic N) is 4. The summed E-state index contributed by atoms with van der Waals surface area (Å²) < 4.78 is 0. The first kappa shape index (κ1) is 13.0. The molecule has 2 aliphatic rings. The van der Waals surface area contributed by atoms with E-state index in [-0.39, 0.29) is 0 Å². The molecule has 0 spiro atoms. The summed E-state index contributed by atoms with van der Waals surface area (Å²) in [6.45, 7) is 3.09. The lowest BCUT2D eigenvalue weighted by Gasteiger charge is -2.35. The van der Waals surface area contributed by atoms with Crippen molar-refractivity contribution in [3.05, 3.63) is 11.0 Å². The molecular formula is C12H15ClN4OS. The summed E-state index contributed by atoms with van der Waals surface area (Å²) in [5.74, 6) is 2.06. The van der Waals surface area contributed by atoms with Crippen molar-refractivity contribution in [3.63, 3.8) is 0 Å². The fraction of sp³-hybridized carbons (Fsp3) is 0.583. The van der Waals surface area contributed by atoms with Gasteiger partial charge < -0.3 is 9.80 Å². The van der Waals surface area contributed by atoms with Gasteiger partial charge in [0.1, 0.15) is 5.82 Å². The van der Waals surface area contributed by atoms with Crippen LogP contribution in [0.15, 0.2) is 4.90 Å². The van der Waals surface area contributed by atoms with Crippen molar-refractivity contribution in [2.24, 2.45) is 0 Å². The number of rotatable bonds is 2. The van der Waals surface area contributed by atoms with E-state index in [1.807, 2.05) is 11.8 Å². The Morgan fingerprint density at radius 2 is 2.00 bits per heavy atom. The minimum atomic E-state index is 0.328. The Hall–Kier alpha value is -1.01. The predicted octanol–water partition coefficient (Wildman–Crippen LogP) is 1.45. The number of carbonyl (C=O) groups excluding carboxylic acids is 1. The third kappa shape index (κ3) is 2.65. The van der Waals surface area contributed by atoms with E-state index in [2.05, 4.69) is 14.9 Å². The summed E-state index contributed by atoms with van der Waals surface area (Å²) in [5.41, 5.74) is 1.07. The average Bonchev–Trinajstić information content (AvgIpc) is 2.46. The van der Waals surface area contributed by atoms with Gasteiger partial charge in [-0.3, -0.25) is 4.79 Å². The number of hydrogen-bond acceptors (Lipinski definition) is 5. The number of piperazine rings is 1. The molecule has 3 heterocycles. The van der Waals surface area contributed by atoms with Crippen molar-refractivity contribution < 1.29 is 4.79 Å². The standard InChI is InChI=1S/C12H15ClN4OS/c13-12-14-9-2-1-7-19-10(9)11(15-12)17-5-3-16(8-18)4-6-17/h8H,1-7H2. The summed E-state index contributed by atoms with van der Waals surface area (Å²) >= 11 is 7.85. The van der Waals surface area contributed by atoms with Crippen LogP contribution in [0.25, 0.3) is 0 Å². The molecule has 0 aromatic carbocycles. The van der Waals surface area contributed by atoms with Gasteiger partial charge in [0.2, 0.25) is 11.7 Å². The smallest absolute Gasteiger partial charge is 0.224 e. The molecule has 1 amide bonds. The van der Waals surface area contributed by atoms with Crippen LogP contribution >= 0.6 is 23.4 Å². The highest BCUT2D eigenvalue weighted by atomic mass is 35.5. The van der Waals surface area contributed by atoms with Crippen molar-refractivity contribution in [2.75, 3.05) is 36.8 Å². The molecule has 1 saturated heterocycles. The number of carbonyl (C=O) groups is 1. The lowest BCUT2D eigenvalue weighted by molar-refractivity contribution is -0.118. The van der Waals surface area contributed by atoms with Crippen LogP contribution in [0.4, 0.5) is 5.82 Å². The summed E-state index contributed by atoms with van der Waals surface area (Å²) in [6.07, 6.45) is 3.03. The Morgan fingerprint density at radius 3 is 2.74 bits per heavy atom. The van der Waals surface area contributed by atoms with E-state index >= 15 is 0 Å². The molecule has 0 radical (unpaired) electrons. The van der Waals surface area contributed by atoms with E-state index in [0.717, 1.165) is 62.7 Å². The van der Waals surface area contributed by atoms with Gasteiger partial charge in [0, 0.05) is 26.2 Å². The van der Waals surface area contributed by atoms with Gasteiger partial charge in [0.15, 0.2) is 0 Å². The van der Waals surface area contributed by atoms with Crippen LogP contribution in [-0.4, -0.2) is 53.2 Å². The third-order valence-electron chi connectivity index (χ3n) is 3.46. The number of aryl methyl sites for hydroxylation is 1. The van der Waals surface area contributed by atoms with Crippen LogP contribution in [-0.2, 0) is 11.2 Å². The van der Waals surface area contributed by atoms with Gasteiger partial charge in [-0.1, -0.05) is 0 Å². The number of amides is 1. The van der Waals surface area contributed by atoms with Crippen LogP contribution in [0.2, 0.25) is 5.28 Å². The largest absolute Gasteiger partial charge is 0.352 e. The van der Waals surface area contributed by atoms with Crippen molar-refractivity contribution in [1.82, 2.24) is 14.9 Å². The second kappa shape index (κ2) is 5.54. The van der Waals surface area contributed by atoms with Gasteiger partial charge in [-0.2, -0.15) is 4.98 Å². The van der Waals surface area contributed by atoms with E-state index < -0.39 is 0 Å². The summed E-state index contributed by atoms with van der Waals surface area (Å²) in [7, 11) is 0. The topological polar surface area (TPSA) is 49.3 Å². The molecule has 1 fully saturated rings. The average molecular weight is 299 g/mol. The lowest BCUT2D eigenvalue weighted by atomic mass is 10.2. The molecule has 0 N–H and O–H groups in total.